The lowest BCUT2D eigenvalue weighted by atomic mass is 9.84. The molecule has 3 heteroatoms. The second-order valence-corrected chi connectivity index (χ2v) is 5.54. The van der Waals surface area contributed by atoms with Gasteiger partial charge in [-0.15, -0.1) is 0 Å². The summed E-state index contributed by atoms with van der Waals surface area (Å²) < 4.78 is 5.65. The van der Waals surface area contributed by atoms with Crippen LogP contribution in [-0.4, -0.2) is 25.7 Å². The number of hydrogen-bond donors (Lipinski definition) is 2. The van der Waals surface area contributed by atoms with Gasteiger partial charge < -0.3 is 15.8 Å². The minimum Gasteiger partial charge on any atom is -0.491 e. The molecule has 102 valence electrons. The van der Waals surface area contributed by atoms with E-state index in [1.807, 2.05) is 26.0 Å². The van der Waals surface area contributed by atoms with Gasteiger partial charge in [0, 0.05) is 25.0 Å². The Morgan fingerprint density at radius 1 is 1.22 bits per heavy atom. The monoisotopic (exact) mass is 250 g/mol. The molecule has 0 atom stereocenters. The summed E-state index contributed by atoms with van der Waals surface area (Å²) >= 11 is 0. The summed E-state index contributed by atoms with van der Waals surface area (Å²) in [6, 6.07) is 8.36. The van der Waals surface area contributed by atoms with Gasteiger partial charge in [-0.3, -0.25) is 0 Å². The molecule has 0 spiro atoms. The summed E-state index contributed by atoms with van der Waals surface area (Å²) in [5.74, 6) is 0.930. The molecular weight excluding hydrogens is 224 g/mol. The van der Waals surface area contributed by atoms with Crippen molar-refractivity contribution in [2.24, 2.45) is 5.73 Å². The first kappa shape index (κ1) is 15.0. The summed E-state index contributed by atoms with van der Waals surface area (Å²) in [4.78, 5) is 0. The summed E-state index contributed by atoms with van der Waals surface area (Å²) in [5, 5.41) is 3.36. The molecule has 1 aromatic carbocycles. The molecule has 3 N–H and O–H groups in total. The zero-order chi connectivity index (χ0) is 13.6. The van der Waals surface area contributed by atoms with Crippen LogP contribution in [0, 0.1) is 0 Å². The van der Waals surface area contributed by atoms with Crippen molar-refractivity contribution in [2.45, 2.75) is 39.2 Å². The first-order valence-electron chi connectivity index (χ1n) is 6.63. The van der Waals surface area contributed by atoms with Crippen LogP contribution in [0.2, 0.25) is 0 Å². The molecule has 0 amide bonds. The van der Waals surface area contributed by atoms with Gasteiger partial charge in [-0.05, 0) is 31.5 Å². The van der Waals surface area contributed by atoms with Crippen LogP contribution in [0.15, 0.2) is 24.3 Å². The van der Waals surface area contributed by atoms with E-state index in [2.05, 4.69) is 31.3 Å². The van der Waals surface area contributed by atoms with E-state index in [4.69, 9.17) is 10.5 Å². The van der Waals surface area contributed by atoms with Crippen LogP contribution in [0.25, 0.3) is 0 Å². The Bertz CT molecular complexity index is 344. The first-order chi connectivity index (χ1) is 8.45. The second kappa shape index (κ2) is 6.76. The predicted octanol–water partition coefficient (Wildman–Crippen LogP) is 2.30. The standard InChI is InChI=1S/C15H26N2O/c1-12(2)18-14-7-5-13(6-8-14)15(3,4)11-17-10-9-16/h5-8,12,17H,9-11,16H2,1-4H3. The maximum absolute atomic E-state index is 5.65. The Labute approximate surface area is 111 Å². The lowest BCUT2D eigenvalue weighted by molar-refractivity contribution is 0.242. The third-order valence-corrected chi connectivity index (χ3v) is 2.90. The molecule has 1 rings (SSSR count). The molecule has 0 aliphatic carbocycles. The molecule has 1 aromatic rings. The van der Waals surface area contributed by atoms with Crippen molar-refractivity contribution in [2.75, 3.05) is 19.6 Å². The molecular formula is C15H26N2O. The van der Waals surface area contributed by atoms with Crippen molar-refractivity contribution >= 4 is 0 Å². The fourth-order valence-electron chi connectivity index (χ4n) is 1.86. The molecule has 0 aliphatic rings. The summed E-state index contributed by atoms with van der Waals surface area (Å²) in [6.07, 6.45) is 0.218. The van der Waals surface area contributed by atoms with Crippen molar-refractivity contribution in [1.29, 1.82) is 0 Å². The molecule has 0 saturated heterocycles. The van der Waals surface area contributed by atoms with E-state index in [-0.39, 0.29) is 11.5 Å². The van der Waals surface area contributed by atoms with Gasteiger partial charge in [-0.1, -0.05) is 26.0 Å². The topological polar surface area (TPSA) is 47.3 Å². The van der Waals surface area contributed by atoms with Gasteiger partial charge in [0.15, 0.2) is 0 Å². The van der Waals surface area contributed by atoms with Gasteiger partial charge in [0.2, 0.25) is 0 Å². The molecule has 0 fully saturated rings. The predicted molar refractivity (Wildman–Crippen MR) is 77.2 cm³/mol. The maximum Gasteiger partial charge on any atom is 0.119 e. The Morgan fingerprint density at radius 2 is 1.83 bits per heavy atom. The summed E-state index contributed by atoms with van der Waals surface area (Å²) in [5.41, 5.74) is 6.89. The van der Waals surface area contributed by atoms with Crippen molar-refractivity contribution in [3.63, 3.8) is 0 Å². The third kappa shape index (κ3) is 4.67. The molecule has 0 radical (unpaired) electrons. The highest BCUT2D eigenvalue weighted by Gasteiger charge is 2.19. The molecule has 0 aromatic heterocycles. The highest BCUT2D eigenvalue weighted by Crippen LogP contribution is 2.24. The third-order valence-electron chi connectivity index (χ3n) is 2.90. The Kier molecular flexibility index (Phi) is 5.63. The highest BCUT2D eigenvalue weighted by atomic mass is 16.5. The lowest BCUT2D eigenvalue weighted by Crippen LogP contribution is -2.35. The van der Waals surface area contributed by atoms with Gasteiger partial charge in [0.1, 0.15) is 5.75 Å². The zero-order valence-corrected chi connectivity index (χ0v) is 12.0. The van der Waals surface area contributed by atoms with Crippen molar-refractivity contribution in [3.05, 3.63) is 29.8 Å². The van der Waals surface area contributed by atoms with E-state index in [9.17, 15) is 0 Å². The highest BCUT2D eigenvalue weighted by molar-refractivity contribution is 5.32. The van der Waals surface area contributed by atoms with E-state index in [0.29, 0.717) is 6.54 Å². The Balaban J connectivity index is 2.65. The smallest absolute Gasteiger partial charge is 0.119 e. The number of nitrogens with one attached hydrogen (secondary N) is 1. The van der Waals surface area contributed by atoms with Gasteiger partial charge in [0.05, 0.1) is 6.10 Å². The van der Waals surface area contributed by atoms with Crippen LogP contribution in [0.3, 0.4) is 0 Å². The normalized spacial score (nSPS) is 11.9. The van der Waals surface area contributed by atoms with Gasteiger partial charge >= 0.3 is 0 Å². The Hall–Kier alpha value is -1.06. The average molecular weight is 250 g/mol. The molecule has 3 nitrogen and oxygen atoms in total. The minimum absolute atomic E-state index is 0.103. The first-order valence-corrected chi connectivity index (χ1v) is 6.63. The van der Waals surface area contributed by atoms with Crippen LogP contribution < -0.4 is 15.8 Å². The quantitative estimate of drug-likeness (QED) is 0.730. The maximum atomic E-state index is 5.65. The van der Waals surface area contributed by atoms with Crippen LogP contribution in [0.4, 0.5) is 0 Å². The second-order valence-electron chi connectivity index (χ2n) is 5.54. The van der Waals surface area contributed by atoms with E-state index < -0.39 is 0 Å². The average Bonchev–Trinajstić information content (AvgIpc) is 2.29. The minimum atomic E-state index is 0.103. The van der Waals surface area contributed by atoms with Crippen molar-refractivity contribution in [1.82, 2.24) is 5.32 Å². The van der Waals surface area contributed by atoms with Gasteiger partial charge in [-0.25, -0.2) is 0 Å². The van der Waals surface area contributed by atoms with E-state index >= 15 is 0 Å². The van der Waals surface area contributed by atoms with Crippen LogP contribution in [-0.2, 0) is 5.41 Å². The number of rotatable bonds is 7. The van der Waals surface area contributed by atoms with Crippen molar-refractivity contribution in [3.8, 4) is 5.75 Å². The zero-order valence-electron chi connectivity index (χ0n) is 12.0. The number of ether oxygens (including phenoxy) is 1. The molecule has 0 saturated carbocycles. The molecule has 18 heavy (non-hydrogen) atoms. The van der Waals surface area contributed by atoms with Gasteiger partial charge in [0.25, 0.3) is 0 Å². The number of nitrogens with two attached hydrogens (primary N) is 1. The molecule has 0 bridgehead atoms. The molecule has 0 unspecified atom stereocenters. The molecule has 0 aliphatic heterocycles. The van der Waals surface area contributed by atoms with Crippen molar-refractivity contribution < 1.29 is 4.74 Å². The fraction of sp³-hybridized carbons (Fsp3) is 0.600. The van der Waals surface area contributed by atoms with E-state index in [0.717, 1.165) is 18.8 Å². The van der Waals surface area contributed by atoms with Crippen LogP contribution in [0.1, 0.15) is 33.3 Å². The lowest BCUT2D eigenvalue weighted by Gasteiger charge is -2.26. The SMILES string of the molecule is CC(C)Oc1ccc(C(C)(C)CNCCN)cc1. The van der Waals surface area contributed by atoms with E-state index in [1.165, 1.54) is 5.56 Å². The fourth-order valence-corrected chi connectivity index (χ4v) is 1.86. The Morgan fingerprint density at radius 3 is 2.33 bits per heavy atom. The largest absolute Gasteiger partial charge is 0.491 e. The number of hydrogen-bond acceptors (Lipinski definition) is 3. The molecule has 0 heterocycles. The number of benzene rings is 1. The van der Waals surface area contributed by atoms with Crippen LogP contribution >= 0.6 is 0 Å². The van der Waals surface area contributed by atoms with Gasteiger partial charge in [-0.2, -0.15) is 0 Å². The van der Waals surface area contributed by atoms with E-state index in [1.54, 1.807) is 0 Å². The van der Waals surface area contributed by atoms with Crippen LogP contribution in [0.5, 0.6) is 5.75 Å². The summed E-state index contributed by atoms with van der Waals surface area (Å²) in [6.45, 7) is 11.0. The summed E-state index contributed by atoms with van der Waals surface area (Å²) in [7, 11) is 0.